The number of hydrogen-bond donors (Lipinski definition) is 0. The molecule has 0 atom stereocenters. The van der Waals surface area contributed by atoms with Gasteiger partial charge in [0.15, 0.2) is 5.82 Å². The lowest BCUT2D eigenvalue weighted by molar-refractivity contribution is 0.0826. The van der Waals surface area contributed by atoms with Gasteiger partial charge in [-0.1, -0.05) is 11.6 Å². The lowest BCUT2D eigenvalue weighted by Gasteiger charge is -2.21. The molecule has 0 aliphatic carbocycles. The van der Waals surface area contributed by atoms with Gasteiger partial charge in [-0.05, 0) is 47.0 Å². The van der Waals surface area contributed by atoms with Crippen molar-refractivity contribution in [3.8, 4) is 5.75 Å². The molecular formula is C14H17ClN4O2. The first kappa shape index (κ1) is 14.3. The maximum Gasteiger partial charge on any atom is 0.154 e. The third-order valence-electron chi connectivity index (χ3n) is 3.72. The molecule has 1 aromatic heterocycles. The Kier molecular flexibility index (Phi) is 4.36. The van der Waals surface area contributed by atoms with Crippen LogP contribution in [0.2, 0.25) is 5.02 Å². The first-order chi connectivity index (χ1) is 10.3. The minimum atomic E-state index is 0.345. The van der Waals surface area contributed by atoms with E-state index in [9.17, 15) is 0 Å². The summed E-state index contributed by atoms with van der Waals surface area (Å²) >= 11 is 6.25. The maximum absolute atomic E-state index is 6.25. The molecule has 7 heteroatoms. The highest BCUT2D eigenvalue weighted by molar-refractivity contribution is 6.31. The second-order valence-electron chi connectivity index (χ2n) is 5.04. The zero-order valence-electron chi connectivity index (χ0n) is 11.8. The molecule has 1 aromatic carbocycles. The monoisotopic (exact) mass is 308 g/mol. The van der Waals surface area contributed by atoms with Crippen LogP contribution in [0.25, 0.3) is 0 Å². The Bertz CT molecular complexity index is 611. The summed E-state index contributed by atoms with van der Waals surface area (Å²) in [5.41, 5.74) is 0.941. The van der Waals surface area contributed by atoms with Crippen LogP contribution < -0.4 is 4.74 Å². The molecule has 1 aliphatic rings. The first-order valence-corrected chi connectivity index (χ1v) is 7.32. The first-order valence-electron chi connectivity index (χ1n) is 6.94. The Morgan fingerprint density at radius 2 is 2.19 bits per heavy atom. The molecule has 0 spiro atoms. The van der Waals surface area contributed by atoms with E-state index in [2.05, 4.69) is 15.5 Å². The van der Waals surface area contributed by atoms with E-state index in [1.807, 2.05) is 22.9 Å². The summed E-state index contributed by atoms with van der Waals surface area (Å²) in [4.78, 5) is 0. The predicted octanol–water partition coefficient (Wildman–Crippen LogP) is 2.28. The van der Waals surface area contributed by atoms with Gasteiger partial charge in [-0.25, -0.2) is 4.68 Å². The molecule has 0 radical (unpaired) electrons. The number of ether oxygens (including phenoxy) is 2. The van der Waals surface area contributed by atoms with Crippen LogP contribution in [0.5, 0.6) is 5.75 Å². The van der Waals surface area contributed by atoms with E-state index < -0.39 is 0 Å². The summed E-state index contributed by atoms with van der Waals surface area (Å²) in [7, 11) is 1.64. The van der Waals surface area contributed by atoms with Crippen molar-refractivity contribution in [1.82, 2.24) is 20.2 Å². The zero-order chi connectivity index (χ0) is 14.7. The third kappa shape index (κ3) is 3.16. The van der Waals surface area contributed by atoms with Crippen molar-refractivity contribution in [2.24, 2.45) is 0 Å². The molecule has 0 saturated carbocycles. The van der Waals surface area contributed by atoms with Crippen LogP contribution in [-0.2, 0) is 11.3 Å². The molecule has 2 heterocycles. The summed E-state index contributed by atoms with van der Waals surface area (Å²) in [6.45, 7) is 2.06. The summed E-state index contributed by atoms with van der Waals surface area (Å²) in [6.07, 6.45) is 1.90. The van der Waals surface area contributed by atoms with Crippen LogP contribution >= 0.6 is 11.6 Å². The quantitative estimate of drug-likeness (QED) is 0.867. The van der Waals surface area contributed by atoms with Gasteiger partial charge in [-0.3, -0.25) is 0 Å². The molecule has 0 amide bonds. The Morgan fingerprint density at radius 1 is 1.38 bits per heavy atom. The van der Waals surface area contributed by atoms with E-state index >= 15 is 0 Å². The van der Waals surface area contributed by atoms with Crippen molar-refractivity contribution in [3.05, 3.63) is 34.6 Å². The van der Waals surface area contributed by atoms with Crippen LogP contribution in [0.3, 0.4) is 0 Å². The molecule has 1 fully saturated rings. The van der Waals surface area contributed by atoms with Gasteiger partial charge in [0, 0.05) is 24.2 Å². The SMILES string of the molecule is COc1ccc(Cl)c(Cn2nnnc2C2CCOCC2)c1. The molecule has 0 bridgehead atoms. The molecule has 6 nitrogen and oxygen atoms in total. The van der Waals surface area contributed by atoms with Gasteiger partial charge < -0.3 is 9.47 Å². The van der Waals surface area contributed by atoms with E-state index in [4.69, 9.17) is 21.1 Å². The molecule has 1 saturated heterocycles. The fraction of sp³-hybridized carbons (Fsp3) is 0.500. The van der Waals surface area contributed by atoms with Crippen LogP contribution in [-0.4, -0.2) is 40.5 Å². The Hall–Kier alpha value is -1.66. The Morgan fingerprint density at radius 3 is 2.95 bits per heavy atom. The van der Waals surface area contributed by atoms with E-state index in [0.29, 0.717) is 17.5 Å². The number of tetrazole rings is 1. The minimum Gasteiger partial charge on any atom is -0.497 e. The van der Waals surface area contributed by atoms with Gasteiger partial charge in [0.05, 0.1) is 13.7 Å². The van der Waals surface area contributed by atoms with Crippen molar-refractivity contribution in [2.75, 3.05) is 20.3 Å². The van der Waals surface area contributed by atoms with Crippen molar-refractivity contribution in [3.63, 3.8) is 0 Å². The average molecular weight is 309 g/mol. The third-order valence-corrected chi connectivity index (χ3v) is 4.09. The van der Waals surface area contributed by atoms with Crippen LogP contribution in [0.15, 0.2) is 18.2 Å². The molecule has 112 valence electrons. The van der Waals surface area contributed by atoms with Crippen LogP contribution in [0, 0.1) is 0 Å². The maximum atomic E-state index is 6.25. The van der Waals surface area contributed by atoms with Crippen LogP contribution in [0.4, 0.5) is 0 Å². The van der Waals surface area contributed by atoms with E-state index in [0.717, 1.165) is 43.2 Å². The molecule has 1 aliphatic heterocycles. The van der Waals surface area contributed by atoms with Crippen molar-refractivity contribution in [1.29, 1.82) is 0 Å². The second-order valence-corrected chi connectivity index (χ2v) is 5.45. The average Bonchev–Trinajstić information content (AvgIpc) is 2.98. The molecule has 0 N–H and O–H groups in total. The highest BCUT2D eigenvalue weighted by atomic mass is 35.5. The smallest absolute Gasteiger partial charge is 0.154 e. The summed E-state index contributed by atoms with van der Waals surface area (Å²) in [5.74, 6) is 2.02. The normalized spacial score (nSPS) is 16.1. The van der Waals surface area contributed by atoms with Crippen molar-refractivity contribution >= 4 is 11.6 Å². The van der Waals surface area contributed by atoms with E-state index in [1.165, 1.54) is 0 Å². The molecule has 2 aromatic rings. The summed E-state index contributed by atoms with van der Waals surface area (Å²) in [6, 6.07) is 5.58. The number of methoxy groups -OCH3 is 1. The van der Waals surface area contributed by atoms with Gasteiger partial charge >= 0.3 is 0 Å². The Balaban J connectivity index is 1.83. The Labute approximate surface area is 128 Å². The number of nitrogens with zero attached hydrogens (tertiary/aromatic N) is 4. The number of hydrogen-bond acceptors (Lipinski definition) is 5. The van der Waals surface area contributed by atoms with Gasteiger partial charge in [-0.15, -0.1) is 5.10 Å². The van der Waals surface area contributed by atoms with E-state index in [-0.39, 0.29) is 0 Å². The predicted molar refractivity (Wildman–Crippen MR) is 77.7 cm³/mol. The van der Waals surface area contributed by atoms with Crippen molar-refractivity contribution < 1.29 is 9.47 Å². The molecule has 0 unspecified atom stereocenters. The lowest BCUT2D eigenvalue weighted by Crippen LogP contribution is -2.19. The zero-order valence-corrected chi connectivity index (χ0v) is 12.6. The minimum absolute atomic E-state index is 0.345. The van der Waals surface area contributed by atoms with Crippen molar-refractivity contribution in [2.45, 2.75) is 25.3 Å². The number of benzene rings is 1. The lowest BCUT2D eigenvalue weighted by atomic mass is 9.99. The van der Waals surface area contributed by atoms with Gasteiger partial charge in [0.2, 0.25) is 0 Å². The standard InChI is InChI=1S/C14H17ClN4O2/c1-20-12-2-3-13(15)11(8-12)9-19-14(16-17-18-19)10-4-6-21-7-5-10/h2-3,8,10H,4-7,9H2,1H3. The highest BCUT2D eigenvalue weighted by Crippen LogP contribution is 2.27. The fourth-order valence-corrected chi connectivity index (χ4v) is 2.71. The fourth-order valence-electron chi connectivity index (χ4n) is 2.53. The summed E-state index contributed by atoms with van der Waals surface area (Å²) in [5, 5.41) is 12.8. The highest BCUT2D eigenvalue weighted by Gasteiger charge is 2.22. The second kappa shape index (κ2) is 6.41. The van der Waals surface area contributed by atoms with Gasteiger partial charge in [0.25, 0.3) is 0 Å². The van der Waals surface area contributed by atoms with Crippen LogP contribution in [0.1, 0.15) is 30.1 Å². The van der Waals surface area contributed by atoms with Gasteiger partial charge in [-0.2, -0.15) is 0 Å². The van der Waals surface area contributed by atoms with E-state index in [1.54, 1.807) is 7.11 Å². The van der Waals surface area contributed by atoms with Gasteiger partial charge in [0.1, 0.15) is 5.75 Å². The summed E-state index contributed by atoms with van der Waals surface area (Å²) < 4.78 is 12.4. The molecule has 21 heavy (non-hydrogen) atoms. The number of aromatic nitrogens is 4. The number of halogens is 1. The number of rotatable bonds is 4. The molecule has 3 rings (SSSR count). The topological polar surface area (TPSA) is 62.1 Å². The molecular weight excluding hydrogens is 292 g/mol. The largest absolute Gasteiger partial charge is 0.497 e.